The molecule has 0 radical (unpaired) electrons. The fraction of sp³-hybridized carbons (Fsp3) is 0.333. The number of rotatable bonds is 3. The summed E-state index contributed by atoms with van der Waals surface area (Å²) >= 11 is 3.17. The number of sulfonamides is 1. The molecule has 0 aromatic heterocycles. The Balaban J connectivity index is 2.40. The predicted molar refractivity (Wildman–Crippen MR) is 77.3 cm³/mol. The Bertz CT molecular complexity index is 689. The summed E-state index contributed by atoms with van der Waals surface area (Å²) in [5.41, 5.74) is 0.111. The zero-order chi connectivity index (χ0) is 15.6. The van der Waals surface area contributed by atoms with E-state index in [0.29, 0.717) is 4.47 Å². The van der Waals surface area contributed by atoms with Gasteiger partial charge in [0.25, 0.3) is 0 Å². The highest BCUT2D eigenvalue weighted by Crippen LogP contribution is 2.24. The van der Waals surface area contributed by atoms with Gasteiger partial charge in [-0.2, -0.15) is 4.31 Å². The van der Waals surface area contributed by atoms with E-state index in [1.807, 2.05) is 0 Å². The molecule has 1 fully saturated rings. The number of nitrogens with one attached hydrogen (secondary N) is 1. The molecular weight excluding hydrogens is 364 g/mol. The van der Waals surface area contributed by atoms with Gasteiger partial charge in [0.05, 0.1) is 24.1 Å². The Kier molecular flexibility index (Phi) is 4.64. The summed E-state index contributed by atoms with van der Waals surface area (Å²) in [7, 11) is -2.62. The number of carbonyl (C=O) groups is 2. The number of halogens is 1. The molecule has 0 bridgehead atoms. The van der Waals surface area contributed by atoms with Crippen LogP contribution in [0.4, 0.5) is 0 Å². The van der Waals surface area contributed by atoms with Crippen molar-refractivity contribution < 1.29 is 22.7 Å². The molecule has 21 heavy (non-hydrogen) atoms. The molecule has 0 atom stereocenters. The van der Waals surface area contributed by atoms with Crippen LogP contribution in [0.5, 0.6) is 0 Å². The second kappa shape index (κ2) is 6.12. The molecule has 0 unspecified atom stereocenters. The highest BCUT2D eigenvalue weighted by atomic mass is 79.9. The van der Waals surface area contributed by atoms with Crippen LogP contribution in [0.3, 0.4) is 0 Å². The van der Waals surface area contributed by atoms with Crippen LogP contribution >= 0.6 is 15.9 Å². The van der Waals surface area contributed by atoms with E-state index < -0.39 is 16.0 Å². The van der Waals surface area contributed by atoms with E-state index in [4.69, 9.17) is 0 Å². The average Bonchev–Trinajstić information content (AvgIpc) is 2.46. The van der Waals surface area contributed by atoms with Gasteiger partial charge in [0.15, 0.2) is 0 Å². The van der Waals surface area contributed by atoms with E-state index in [-0.39, 0.29) is 36.0 Å². The number of amides is 1. The molecule has 0 saturated carbocycles. The van der Waals surface area contributed by atoms with Gasteiger partial charge >= 0.3 is 5.97 Å². The molecule has 1 amide bonds. The lowest BCUT2D eigenvalue weighted by Crippen LogP contribution is -2.49. The molecule has 9 heteroatoms. The molecule has 7 nitrogen and oxygen atoms in total. The van der Waals surface area contributed by atoms with Crippen molar-refractivity contribution in [3.05, 3.63) is 28.2 Å². The van der Waals surface area contributed by atoms with E-state index in [9.17, 15) is 18.0 Å². The van der Waals surface area contributed by atoms with Gasteiger partial charge in [-0.15, -0.1) is 0 Å². The molecule has 1 saturated heterocycles. The number of methoxy groups -OCH3 is 1. The second-order valence-electron chi connectivity index (χ2n) is 4.32. The molecule has 1 aromatic rings. The first-order valence-electron chi connectivity index (χ1n) is 6.01. The third-order valence-corrected chi connectivity index (χ3v) is 5.52. The van der Waals surface area contributed by atoms with Crippen LogP contribution in [0.15, 0.2) is 27.6 Å². The zero-order valence-corrected chi connectivity index (χ0v) is 13.5. The van der Waals surface area contributed by atoms with Crippen molar-refractivity contribution >= 4 is 37.8 Å². The summed E-state index contributed by atoms with van der Waals surface area (Å²) in [5.74, 6) is -0.995. The average molecular weight is 377 g/mol. The number of benzene rings is 1. The van der Waals surface area contributed by atoms with Crippen molar-refractivity contribution in [2.24, 2.45) is 0 Å². The molecule has 0 aliphatic carbocycles. The lowest BCUT2D eigenvalue weighted by atomic mass is 10.2. The van der Waals surface area contributed by atoms with Gasteiger partial charge in [-0.05, 0) is 34.1 Å². The predicted octanol–water partition coefficient (Wildman–Crippen LogP) is 0.356. The SMILES string of the molecule is COC(=O)c1cc(S(=O)(=O)N2CCNC(=O)C2)ccc1Br. The number of hydrogen-bond donors (Lipinski definition) is 1. The van der Waals surface area contributed by atoms with Crippen molar-refractivity contribution in [3.8, 4) is 0 Å². The maximum atomic E-state index is 12.5. The summed E-state index contributed by atoms with van der Waals surface area (Å²) < 4.78 is 31.1. The van der Waals surface area contributed by atoms with Gasteiger partial charge in [0, 0.05) is 17.6 Å². The van der Waals surface area contributed by atoms with Gasteiger partial charge in [0.2, 0.25) is 15.9 Å². The van der Waals surface area contributed by atoms with Gasteiger partial charge in [-0.3, -0.25) is 4.79 Å². The fourth-order valence-corrected chi connectivity index (χ4v) is 3.73. The minimum atomic E-state index is -3.83. The van der Waals surface area contributed by atoms with Crippen LogP contribution in [-0.4, -0.2) is 51.3 Å². The number of hydrogen-bond acceptors (Lipinski definition) is 5. The van der Waals surface area contributed by atoms with Crippen LogP contribution in [0.25, 0.3) is 0 Å². The first-order chi connectivity index (χ1) is 9.86. The Morgan fingerprint density at radius 2 is 2.14 bits per heavy atom. The first kappa shape index (κ1) is 15.9. The first-order valence-corrected chi connectivity index (χ1v) is 8.24. The van der Waals surface area contributed by atoms with Gasteiger partial charge in [-0.1, -0.05) is 0 Å². The smallest absolute Gasteiger partial charge is 0.339 e. The van der Waals surface area contributed by atoms with E-state index in [0.717, 1.165) is 4.31 Å². The Hall–Kier alpha value is -1.45. The van der Waals surface area contributed by atoms with Crippen molar-refractivity contribution in [1.82, 2.24) is 9.62 Å². The van der Waals surface area contributed by atoms with Crippen molar-refractivity contribution in [1.29, 1.82) is 0 Å². The Morgan fingerprint density at radius 3 is 2.76 bits per heavy atom. The van der Waals surface area contributed by atoms with E-state index in [2.05, 4.69) is 26.0 Å². The molecule has 0 spiro atoms. The van der Waals surface area contributed by atoms with Crippen molar-refractivity contribution in [3.63, 3.8) is 0 Å². The van der Waals surface area contributed by atoms with Crippen molar-refractivity contribution in [2.75, 3.05) is 26.7 Å². The molecule has 1 aliphatic heterocycles. The minimum absolute atomic E-state index is 0.0548. The third kappa shape index (κ3) is 3.25. The second-order valence-corrected chi connectivity index (χ2v) is 7.11. The molecule has 1 aromatic carbocycles. The van der Waals surface area contributed by atoms with Gasteiger partial charge in [0.1, 0.15) is 0 Å². The summed E-state index contributed by atoms with van der Waals surface area (Å²) in [4.78, 5) is 22.9. The van der Waals surface area contributed by atoms with E-state index in [1.165, 1.54) is 25.3 Å². The van der Waals surface area contributed by atoms with Gasteiger partial charge in [-0.25, -0.2) is 13.2 Å². The lowest BCUT2D eigenvalue weighted by Gasteiger charge is -2.26. The monoisotopic (exact) mass is 376 g/mol. The quantitative estimate of drug-likeness (QED) is 0.768. The van der Waals surface area contributed by atoms with Gasteiger partial charge < -0.3 is 10.1 Å². The van der Waals surface area contributed by atoms with E-state index in [1.54, 1.807) is 0 Å². The van der Waals surface area contributed by atoms with E-state index >= 15 is 0 Å². The molecule has 1 heterocycles. The molecule has 2 rings (SSSR count). The zero-order valence-electron chi connectivity index (χ0n) is 11.1. The molecular formula is C12H13BrN2O5S. The summed E-state index contributed by atoms with van der Waals surface area (Å²) in [6, 6.07) is 4.07. The summed E-state index contributed by atoms with van der Waals surface area (Å²) in [6.45, 7) is 0.224. The van der Waals surface area contributed by atoms with Crippen LogP contribution in [0, 0.1) is 0 Å². The third-order valence-electron chi connectivity index (χ3n) is 2.98. The number of ether oxygens (including phenoxy) is 1. The summed E-state index contributed by atoms with van der Waals surface area (Å²) in [5, 5.41) is 2.56. The van der Waals surface area contributed by atoms with Crippen LogP contribution in [0.1, 0.15) is 10.4 Å². The molecule has 114 valence electrons. The van der Waals surface area contributed by atoms with Crippen LogP contribution < -0.4 is 5.32 Å². The lowest BCUT2D eigenvalue weighted by molar-refractivity contribution is -0.122. The minimum Gasteiger partial charge on any atom is -0.465 e. The summed E-state index contributed by atoms with van der Waals surface area (Å²) in [6.07, 6.45) is 0. The number of carbonyl (C=O) groups excluding carboxylic acids is 2. The van der Waals surface area contributed by atoms with Crippen molar-refractivity contribution in [2.45, 2.75) is 4.90 Å². The number of nitrogens with zero attached hydrogens (tertiary/aromatic N) is 1. The highest BCUT2D eigenvalue weighted by molar-refractivity contribution is 9.10. The van der Waals surface area contributed by atoms with Crippen LogP contribution in [0.2, 0.25) is 0 Å². The van der Waals surface area contributed by atoms with Crippen LogP contribution in [-0.2, 0) is 19.6 Å². The Morgan fingerprint density at radius 1 is 1.43 bits per heavy atom. The maximum Gasteiger partial charge on any atom is 0.339 e. The number of esters is 1. The highest BCUT2D eigenvalue weighted by Gasteiger charge is 2.30. The fourth-order valence-electron chi connectivity index (χ4n) is 1.90. The Labute approximate surface area is 130 Å². The number of piperazine rings is 1. The standard InChI is InChI=1S/C12H13BrN2O5S/c1-20-12(17)9-6-8(2-3-10(9)13)21(18,19)15-5-4-14-11(16)7-15/h2-3,6H,4-5,7H2,1H3,(H,14,16). The molecule has 1 N–H and O–H groups in total. The largest absolute Gasteiger partial charge is 0.465 e. The molecule has 1 aliphatic rings. The maximum absolute atomic E-state index is 12.5. The normalized spacial score (nSPS) is 16.4. The topological polar surface area (TPSA) is 92.8 Å².